The van der Waals surface area contributed by atoms with E-state index in [0.29, 0.717) is 0 Å². The number of thiazole rings is 1. The van der Waals surface area contributed by atoms with Gasteiger partial charge in [-0.25, -0.2) is 4.98 Å². The lowest BCUT2D eigenvalue weighted by Gasteiger charge is -1.94. The molecule has 0 saturated heterocycles. The number of aromatic nitrogens is 1. The fourth-order valence-corrected chi connectivity index (χ4v) is 4.27. The van der Waals surface area contributed by atoms with Crippen molar-refractivity contribution in [1.82, 2.24) is 4.98 Å². The van der Waals surface area contributed by atoms with Crippen LogP contribution < -0.4 is 0 Å². The zero-order chi connectivity index (χ0) is 9.10. The zero-order valence-corrected chi connectivity index (χ0v) is 10.6. The summed E-state index contributed by atoms with van der Waals surface area (Å²) < 4.78 is 2.35. The SMILES string of the molecule is Brc1ccsc1CSc1nccs1. The summed E-state index contributed by atoms with van der Waals surface area (Å²) in [6, 6.07) is 2.09. The van der Waals surface area contributed by atoms with E-state index >= 15 is 0 Å². The molecule has 2 aromatic rings. The molecule has 2 aromatic heterocycles. The molecule has 0 spiro atoms. The first kappa shape index (κ1) is 9.71. The molecule has 1 nitrogen and oxygen atoms in total. The summed E-state index contributed by atoms with van der Waals surface area (Å²) in [4.78, 5) is 5.59. The van der Waals surface area contributed by atoms with Gasteiger partial charge in [0.1, 0.15) is 4.34 Å². The first-order valence-corrected chi connectivity index (χ1v) is 7.14. The molecular formula is C8H6BrNS3. The maximum absolute atomic E-state index is 4.22. The molecule has 2 heterocycles. The molecule has 0 unspecified atom stereocenters. The maximum atomic E-state index is 4.22. The van der Waals surface area contributed by atoms with E-state index in [9.17, 15) is 0 Å². The van der Waals surface area contributed by atoms with Crippen LogP contribution in [0.15, 0.2) is 31.8 Å². The highest BCUT2D eigenvalue weighted by atomic mass is 79.9. The van der Waals surface area contributed by atoms with Crippen LogP contribution in [0, 0.1) is 0 Å². The van der Waals surface area contributed by atoms with E-state index in [2.05, 4.69) is 32.4 Å². The number of hydrogen-bond donors (Lipinski definition) is 0. The third kappa shape index (κ3) is 2.56. The molecule has 0 aliphatic carbocycles. The van der Waals surface area contributed by atoms with Gasteiger partial charge in [0.05, 0.1) is 0 Å². The summed E-state index contributed by atoms with van der Waals surface area (Å²) in [5, 5.41) is 4.10. The van der Waals surface area contributed by atoms with Gasteiger partial charge in [-0.15, -0.1) is 22.7 Å². The van der Waals surface area contributed by atoms with E-state index in [-0.39, 0.29) is 0 Å². The number of rotatable bonds is 3. The van der Waals surface area contributed by atoms with Gasteiger partial charge < -0.3 is 0 Å². The van der Waals surface area contributed by atoms with Gasteiger partial charge in [-0.3, -0.25) is 0 Å². The molecule has 0 fully saturated rings. The highest BCUT2D eigenvalue weighted by Crippen LogP contribution is 2.31. The third-order valence-electron chi connectivity index (χ3n) is 1.43. The van der Waals surface area contributed by atoms with E-state index in [1.807, 2.05) is 11.6 Å². The van der Waals surface area contributed by atoms with Crippen molar-refractivity contribution in [3.8, 4) is 0 Å². The molecule has 0 N–H and O–H groups in total. The molecule has 0 aliphatic rings. The van der Waals surface area contributed by atoms with Gasteiger partial charge in [0, 0.05) is 26.7 Å². The van der Waals surface area contributed by atoms with E-state index < -0.39 is 0 Å². The van der Waals surface area contributed by atoms with E-state index in [1.165, 1.54) is 9.35 Å². The summed E-state index contributed by atoms with van der Waals surface area (Å²) in [5.74, 6) is 1.01. The van der Waals surface area contributed by atoms with Gasteiger partial charge >= 0.3 is 0 Å². The van der Waals surface area contributed by atoms with Crippen molar-refractivity contribution in [2.45, 2.75) is 10.1 Å². The van der Waals surface area contributed by atoms with Crippen molar-refractivity contribution >= 4 is 50.4 Å². The normalized spacial score (nSPS) is 10.5. The van der Waals surface area contributed by atoms with Gasteiger partial charge in [0.15, 0.2) is 0 Å². The molecule has 2 rings (SSSR count). The van der Waals surface area contributed by atoms with E-state index in [1.54, 1.807) is 34.4 Å². The Morgan fingerprint density at radius 1 is 1.38 bits per heavy atom. The van der Waals surface area contributed by atoms with E-state index in [0.717, 1.165) is 10.1 Å². The van der Waals surface area contributed by atoms with E-state index in [4.69, 9.17) is 0 Å². The highest BCUT2D eigenvalue weighted by Gasteiger charge is 2.03. The minimum absolute atomic E-state index is 1.01. The smallest absolute Gasteiger partial charge is 0.150 e. The third-order valence-corrected chi connectivity index (χ3v) is 5.53. The molecule has 13 heavy (non-hydrogen) atoms. The molecule has 0 bridgehead atoms. The Hall–Kier alpha value is 0.160. The fourth-order valence-electron chi connectivity index (χ4n) is 0.837. The largest absolute Gasteiger partial charge is 0.238 e. The second-order valence-corrected chi connectivity index (χ2v) is 6.25. The average Bonchev–Trinajstić information content (AvgIpc) is 2.72. The van der Waals surface area contributed by atoms with Crippen LogP contribution in [0.2, 0.25) is 0 Å². The predicted molar refractivity (Wildman–Crippen MR) is 63.7 cm³/mol. The Morgan fingerprint density at radius 3 is 2.92 bits per heavy atom. The summed E-state index contributed by atoms with van der Waals surface area (Å²) in [5.41, 5.74) is 0. The quantitative estimate of drug-likeness (QED) is 0.784. The molecule has 0 saturated carbocycles. The van der Waals surface area contributed by atoms with Gasteiger partial charge in [-0.1, -0.05) is 11.8 Å². The Bertz CT molecular complexity index is 368. The fraction of sp³-hybridized carbons (Fsp3) is 0.125. The van der Waals surface area contributed by atoms with Gasteiger partial charge in [-0.2, -0.15) is 0 Å². The summed E-state index contributed by atoms with van der Waals surface area (Å²) in [7, 11) is 0. The first-order chi connectivity index (χ1) is 6.36. The van der Waals surface area contributed by atoms with Gasteiger partial charge in [0.2, 0.25) is 0 Å². The van der Waals surface area contributed by atoms with Crippen molar-refractivity contribution in [1.29, 1.82) is 0 Å². The van der Waals surface area contributed by atoms with Crippen LogP contribution in [-0.2, 0) is 5.75 Å². The first-order valence-electron chi connectivity index (χ1n) is 3.60. The number of thioether (sulfide) groups is 1. The summed E-state index contributed by atoms with van der Waals surface area (Å²) in [6.07, 6.45) is 1.84. The number of thiophene rings is 1. The number of hydrogen-bond acceptors (Lipinski definition) is 4. The molecule has 0 aromatic carbocycles. The molecule has 0 atom stereocenters. The molecule has 0 radical (unpaired) electrons. The van der Waals surface area contributed by atoms with Crippen molar-refractivity contribution in [2.75, 3.05) is 0 Å². The van der Waals surface area contributed by atoms with Gasteiger partial charge in [0.25, 0.3) is 0 Å². The molecule has 68 valence electrons. The lowest BCUT2D eigenvalue weighted by Crippen LogP contribution is -1.74. The summed E-state index contributed by atoms with van der Waals surface area (Å²) >= 11 is 8.77. The number of nitrogens with zero attached hydrogens (tertiary/aromatic N) is 1. The second kappa shape index (κ2) is 4.59. The Balaban J connectivity index is 1.97. The van der Waals surface area contributed by atoms with Crippen LogP contribution in [0.4, 0.5) is 0 Å². The highest BCUT2D eigenvalue weighted by molar-refractivity contribution is 9.10. The minimum Gasteiger partial charge on any atom is -0.238 e. The summed E-state index contributed by atoms with van der Waals surface area (Å²) in [6.45, 7) is 0. The molecule has 0 aliphatic heterocycles. The van der Waals surface area contributed by atoms with Crippen molar-refractivity contribution in [3.63, 3.8) is 0 Å². The minimum atomic E-state index is 1.01. The number of halogens is 1. The standard InChI is InChI=1S/C8H6BrNS3/c9-6-1-3-11-7(6)5-13-8-10-2-4-12-8/h1-4H,5H2. The van der Waals surface area contributed by atoms with Crippen LogP contribution >= 0.6 is 50.4 Å². The molecular weight excluding hydrogens is 286 g/mol. The van der Waals surface area contributed by atoms with Crippen molar-refractivity contribution in [3.05, 3.63) is 32.4 Å². The lowest BCUT2D eigenvalue weighted by atomic mass is 10.5. The average molecular weight is 292 g/mol. The molecule has 5 heteroatoms. The van der Waals surface area contributed by atoms with Crippen molar-refractivity contribution < 1.29 is 0 Å². The Kier molecular flexibility index (Phi) is 3.43. The zero-order valence-electron chi connectivity index (χ0n) is 6.57. The maximum Gasteiger partial charge on any atom is 0.150 e. The second-order valence-electron chi connectivity index (χ2n) is 2.28. The lowest BCUT2D eigenvalue weighted by molar-refractivity contribution is 1.25. The van der Waals surface area contributed by atoms with Crippen LogP contribution in [0.3, 0.4) is 0 Å². The van der Waals surface area contributed by atoms with Gasteiger partial charge in [-0.05, 0) is 27.4 Å². The van der Waals surface area contributed by atoms with Crippen LogP contribution in [-0.4, -0.2) is 4.98 Å². The monoisotopic (exact) mass is 291 g/mol. The van der Waals surface area contributed by atoms with Crippen LogP contribution in [0.1, 0.15) is 4.88 Å². The van der Waals surface area contributed by atoms with Crippen molar-refractivity contribution in [2.24, 2.45) is 0 Å². The topological polar surface area (TPSA) is 12.9 Å². The van der Waals surface area contributed by atoms with Crippen LogP contribution in [0.25, 0.3) is 0 Å². The molecule has 0 amide bonds. The Labute approximate surface area is 97.3 Å². The Morgan fingerprint density at radius 2 is 2.31 bits per heavy atom. The predicted octanol–water partition coefficient (Wildman–Crippen LogP) is 4.26. The van der Waals surface area contributed by atoms with Crippen LogP contribution in [0.5, 0.6) is 0 Å².